The Morgan fingerprint density at radius 1 is 1.06 bits per heavy atom. The van der Waals surface area contributed by atoms with Crippen LogP contribution in [-0.4, -0.2) is 11.5 Å². The van der Waals surface area contributed by atoms with Gasteiger partial charge in [-0.25, -0.2) is 0 Å². The van der Waals surface area contributed by atoms with Crippen LogP contribution in [0.4, 0.5) is 0 Å². The molecule has 1 unspecified atom stereocenters. The lowest BCUT2D eigenvalue weighted by molar-refractivity contribution is 0.586. The molecule has 2 nitrogen and oxygen atoms in total. The number of pyridine rings is 1. The van der Waals surface area contributed by atoms with Crippen molar-refractivity contribution in [2.45, 2.75) is 19.4 Å². The van der Waals surface area contributed by atoms with E-state index in [1.54, 1.807) is 0 Å². The first-order valence-corrected chi connectivity index (χ1v) is 6.11. The van der Waals surface area contributed by atoms with E-state index in [2.05, 4.69) is 47.6 Å². The Labute approximate surface area is 103 Å². The van der Waals surface area contributed by atoms with Gasteiger partial charge in [0.05, 0.1) is 11.7 Å². The molecule has 1 atom stereocenters. The lowest BCUT2D eigenvalue weighted by Gasteiger charge is -2.18. The van der Waals surface area contributed by atoms with Crippen LogP contribution in [0.3, 0.4) is 0 Å². The molecule has 2 heteroatoms. The van der Waals surface area contributed by atoms with E-state index >= 15 is 0 Å². The monoisotopic (exact) mass is 226 g/mol. The summed E-state index contributed by atoms with van der Waals surface area (Å²) in [5, 5.41) is 3.54. The quantitative estimate of drug-likeness (QED) is 0.847. The maximum atomic E-state index is 4.45. The molecule has 2 rings (SSSR count). The molecule has 0 saturated heterocycles. The fourth-order valence-corrected chi connectivity index (χ4v) is 1.87. The molecule has 1 N–H and O–H groups in total. The summed E-state index contributed by atoms with van der Waals surface area (Å²) in [5.41, 5.74) is 2.34. The van der Waals surface area contributed by atoms with Crippen LogP contribution in [-0.2, 0) is 0 Å². The van der Waals surface area contributed by atoms with Gasteiger partial charge in [0.2, 0.25) is 0 Å². The molecule has 88 valence electrons. The summed E-state index contributed by atoms with van der Waals surface area (Å²) >= 11 is 0. The van der Waals surface area contributed by atoms with Crippen molar-refractivity contribution in [3.8, 4) is 0 Å². The van der Waals surface area contributed by atoms with Gasteiger partial charge >= 0.3 is 0 Å². The molecule has 0 saturated carbocycles. The minimum absolute atomic E-state index is 0.192. The Morgan fingerprint density at radius 2 is 1.82 bits per heavy atom. The normalized spacial score (nSPS) is 12.3. The van der Waals surface area contributed by atoms with Crippen LogP contribution in [0.1, 0.15) is 30.6 Å². The minimum Gasteiger partial charge on any atom is -0.305 e. The first-order valence-electron chi connectivity index (χ1n) is 6.11. The van der Waals surface area contributed by atoms with Crippen molar-refractivity contribution in [2.75, 3.05) is 6.54 Å². The van der Waals surface area contributed by atoms with Gasteiger partial charge in [-0.1, -0.05) is 43.3 Å². The summed E-state index contributed by atoms with van der Waals surface area (Å²) in [6, 6.07) is 16.7. The van der Waals surface area contributed by atoms with Crippen LogP contribution < -0.4 is 5.32 Å². The Kier molecular flexibility index (Phi) is 4.28. The smallest absolute Gasteiger partial charge is 0.0751 e. The van der Waals surface area contributed by atoms with E-state index in [9.17, 15) is 0 Å². The highest BCUT2D eigenvalue weighted by Gasteiger charge is 2.13. The summed E-state index contributed by atoms with van der Waals surface area (Å²) in [4.78, 5) is 4.45. The molecule has 17 heavy (non-hydrogen) atoms. The molecule has 0 fully saturated rings. The molecule has 0 aliphatic carbocycles. The topological polar surface area (TPSA) is 24.9 Å². The average molecular weight is 226 g/mol. The van der Waals surface area contributed by atoms with E-state index in [0.29, 0.717) is 0 Å². The van der Waals surface area contributed by atoms with Crippen LogP contribution in [0.25, 0.3) is 0 Å². The third-order valence-electron chi connectivity index (χ3n) is 2.71. The predicted octanol–water partition coefficient (Wildman–Crippen LogP) is 3.17. The van der Waals surface area contributed by atoms with Crippen molar-refractivity contribution in [1.82, 2.24) is 10.3 Å². The highest BCUT2D eigenvalue weighted by Crippen LogP contribution is 2.19. The third kappa shape index (κ3) is 3.14. The lowest BCUT2D eigenvalue weighted by atomic mass is 10.0. The molecule has 2 aromatic rings. The number of benzene rings is 1. The Hall–Kier alpha value is -1.67. The lowest BCUT2D eigenvalue weighted by Crippen LogP contribution is -2.23. The summed E-state index contributed by atoms with van der Waals surface area (Å²) in [6.45, 7) is 3.17. The number of nitrogens with one attached hydrogen (secondary N) is 1. The van der Waals surface area contributed by atoms with E-state index in [-0.39, 0.29) is 6.04 Å². The molecule has 0 amide bonds. The number of aromatic nitrogens is 1. The zero-order valence-corrected chi connectivity index (χ0v) is 10.1. The Balaban J connectivity index is 2.26. The van der Waals surface area contributed by atoms with E-state index in [4.69, 9.17) is 0 Å². The van der Waals surface area contributed by atoms with Crippen LogP contribution in [0.5, 0.6) is 0 Å². The summed E-state index contributed by atoms with van der Waals surface area (Å²) in [6.07, 6.45) is 2.97. The molecular weight excluding hydrogens is 208 g/mol. The maximum Gasteiger partial charge on any atom is 0.0751 e. The number of hydrogen-bond donors (Lipinski definition) is 1. The fourth-order valence-electron chi connectivity index (χ4n) is 1.87. The van der Waals surface area contributed by atoms with Crippen LogP contribution >= 0.6 is 0 Å². The van der Waals surface area contributed by atoms with Crippen LogP contribution in [0.15, 0.2) is 54.7 Å². The molecule has 1 heterocycles. The predicted molar refractivity (Wildman–Crippen MR) is 70.8 cm³/mol. The first-order chi connectivity index (χ1) is 8.42. The van der Waals surface area contributed by atoms with Crippen molar-refractivity contribution in [1.29, 1.82) is 0 Å². The molecule has 0 spiro atoms. The van der Waals surface area contributed by atoms with Gasteiger partial charge in [-0.2, -0.15) is 0 Å². The zero-order chi connectivity index (χ0) is 11.9. The summed E-state index contributed by atoms with van der Waals surface area (Å²) in [5.74, 6) is 0. The second-order valence-electron chi connectivity index (χ2n) is 4.05. The van der Waals surface area contributed by atoms with E-state index in [1.165, 1.54) is 5.56 Å². The first kappa shape index (κ1) is 11.8. The van der Waals surface area contributed by atoms with E-state index in [0.717, 1.165) is 18.7 Å². The van der Waals surface area contributed by atoms with Gasteiger partial charge in [0.15, 0.2) is 0 Å². The largest absolute Gasteiger partial charge is 0.305 e. The molecule has 0 bridgehead atoms. The molecule has 0 aliphatic heterocycles. The van der Waals surface area contributed by atoms with Crippen molar-refractivity contribution >= 4 is 0 Å². The molecule has 0 radical (unpaired) electrons. The van der Waals surface area contributed by atoms with Crippen molar-refractivity contribution in [3.63, 3.8) is 0 Å². The van der Waals surface area contributed by atoms with Gasteiger partial charge < -0.3 is 5.32 Å². The molecule has 1 aromatic heterocycles. The van der Waals surface area contributed by atoms with Crippen molar-refractivity contribution < 1.29 is 0 Å². The average Bonchev–Trinajstić information content (AvgIpc) is 2.42. The molecular formula is C15H18N2. The summed E-state index contributed by atoms with van der Waals surface area (Å²) in [7, 11) is 0. The van der Waals surface area contributed by atoms with Gasteiger partial charge in [0.1, 0.15) is 0 Å². The Morgan fingerprint density at radius 3 is 2.47 bits per heavy atom. The second kappa shape index (κ2) is 6.16. The molecule has 0 aliphatic rings. The highest BCUT2D eigenvalue weighted by atomic mass is 14.9. The second-order valence-corrected chi connectivity index (χ2v) is 4.05. The van der Waals surface area contributed by atoms with E-state index in [1.807, 2.05) is 24.4 Å². The third-order valence-corrected chi connectivity index (χ3v) is 2.71. The van der Waals surface area contributed by atoms with Gasteiger partial charge in [-0.3, -0.25) is 4.98 Å². The number of rotatable bonds is 5. The minimum atomic E-state index is 0.192. The van der Waals surface area contributed by atoms with Crippen molar-refractivity contribution in [3.05, 3.63) is 66.0 Å². The zero-order valence-electron chi connectivity index (χ0n) is 10.1. The fraction of sp³-hybridized carbons (Fsp3) is 0.267. The maximum absolute atomic E-state index is 4.45. The van der Waals surface area contributed by atoms with E-state index < -0.39 is 0 Å². The standard InChI is InChI=1S/C15H18N2/c1-2-11-17-15(13-8-4-3-5-9-13)14-10-6-7-12-16-14/h3-10,12,15,17H,2,11H2,1H3. The highest BCUT2D eigenvalue weighted by molar-refractivity contribution is 5.27. The molecule has 1 aromatic carbocycles. The van der Waals surface area contributed by atoms with Gasteiger partial charge in [0.25, 0.3) is 0 Å². The van der Waals surface area contributed by atoms with Gasteiger partial charge in [-0.15, -0.1) is 0 Å². The van der Waals surface area contributed by atoms with Gasteiger partial charge in [0, 0.05) is 6.20 Å². The van der Waals surface area contributed by atoms with Gasteiger partial charge in [-0.05, 0) is 30.7 Å². The van der Waals surface area contributed by atoms with Crippen LogP contribution in [0, 0.1) is 0 Å². The van der Waals surface area contributed by atoms with Crippen LogP contribution in [0.2, 0.25) is 0 Å². The number of hydrogen-bond acceptors (Lipinski definition) is 2. The number of nitrogens with zero attached hydrogens (tertiary/aromatic N) is 1. The van der Waals surface area contributed by atoms with Crippen molar-refractivity contribution in [2.24, 2.45) is 0 Å². The SMILES string of the molecule is CCCNC(c1ccccc1)c1ccccn1. The Bertz CT molecular complexity index is 386. The summed E-state index contributed by atoms with van der Waals surface area (Å²) < 4.78 is 0.